The van der Waals surface area contributed by atoms with Gasteiger partial charge in [-0.2, -0.15) is 0 Å². The Bertz CT molecular complexity index is 683. The van der Waals surface area contributed by atoms with Gasteiger partial charge in [0.15, 0.2) is 0 Å². The third kappa shape index (κ3) is 5.47. The van der Waals surface area contributed by atoms with Crippen LogP contribution in [-0.2, 0) is 0 Å². The van der Waals surface area contributed by atoms with Crippen LogP contribution < -0.4 is 0 Å². The molecule has 3 aliphatic carbocycles. The zero-order valence-electron chi connectivity index (χ0n) is 19.7. The zero-order chi connectivity index (χ0) is 22.1. The lowest BCUT2D eigenvalue weighted by Gasteiger charge is -2.44. The minimum Gasteiger partial charge on any atom is -0.393 e. The van der Waals surface area contributed by atoms with E-state index in [1.807, 2.05) is 0 Å². The molecule has 0 radical (unpaired) electrons. The highest BCUT2D eigenvalue weighted by atomic mass is 16.3. The van der Waals surface area contributed by atoms with Crippen LogP contribution in [0.15, 0.2) is 35.5 Å². The highest BCUT2D eigenvalue weighted by Gasteiger charge is 2.50. The molecule has 0 aromatic rings. The Kier molecular flexibility index (Phi) is 7.37. The van der Waals surface area contributed by atoms with Gasteiger partial charge < -0.3 is 15.3 Å². The molecule has 0 bridgehead atoms. The summed E-state index contributed by atoms with van der Waals surface area (Å²) in [6.07, 6.45) is 13.8. The molecule has 3 saturated carbocycles. The van der Waals surface area contributed by atoms with Crippen LogP contribution in [0.3, 0.4) is 0 Å². The van der Waals surface area contributed by atoms with Crippen molar-refractivity contribution in [2.24, 2.45) is 23.2 Å². The van der Waals surface area contributed by atoms with Crippen molar-refractivity contribution in [2.75, 3.05) is 0 Å². The number of aliphatic hydroxyl groups excluding tert-OH is 2. The van der Waals surface area contributed by atoms with Gasteiger partial charge >= 0.3 is 0 Å². The van der Waals surface area contributed by atoms with Crippen LogP contribution in [0, 0.1) is 23.2 Å². The minimum absolute atomic E-state index is 0.219. The van der Waals surface area contributed by atoms with Gasteiger partial charge in [0, 0.05) is 6.42 Å². The first kappa shape index (κ1) is 23.8. The summed E-state index contributed by atoms with van der Waals surface area (Å²) in [5.41, 5.74) is 3.49. The Morgan fingerprint density at radius 2 is 1.93 bits per heavy atom. The minimum atomic E-state index is -0.813. The number of rotatable bonds is 6. The Hall–Kier alpha value is -0.900. The van der Waals surface area contributed by atoms with Gasteiger partial charge in [-0.1, -0.05) is 43.7 Å². The molecule has 0 amide bonds. The predicted octanol–water partition coefficient (Wildman–Crippen LogP) is 5.70. The quantitative estimate of drug-likeness (QED) is 0.520. The molecule has 3 heteroatoms. The zero-order valence-corrected chi connectivity index (χ0v) is 19.7. The average molecular weight is 417 g/mol. The summed E-state index contributed by atoms with van der Waals surface area (Å²) in [6, 6.07) is 0. The highest BCUT2D eigenvalue weighted by Crippen LogP contribution is 2.60. The smallest absolute Gasteiger partial charge is 0.0616 e. The van der Waals surface area contributed by atoms with E-state index in [0.29, 0.717) is 29.6 Å². The second-order valence-electron chi connectivity index (χ2n) is 11.4. The molecule has 3 N–H and O–H groups in total. The third-order valence-electron chi connectivity index (χ3n) is 8.29. The van der Waals surface area contributed by atoms with E-state index < -0.39 is 11.7 Å². The first-order chi connectivity index (χ1) is 14.0. The van der Waals surface area contributed by atoms with Crippen molar-refractivity contribution in [1.82, 2.24) is 0 Å². The SMILES string of the molecule is C=C1CC[C@@H](O)CC1=C/C=C1\CCC[C@@]2(C)[C@@H]([C@@H](C)C[C@H](O)CC(C)(C)O)CC[C@@H]12. The van der Waals surface area contributed by atoms with Crippen molar-refractivity contribution in [1.29, 1.82) is 0 Å². The monoisotopic (exact) mass is 416 g/mol. The molecule has 6 atom stereocenters. The second kappa shape index (κ2) is 9.30. The molecular formula is C27H44O3. The Labute approximate surface area is 184 Å². The molecule has 0 saturated heterocycles. The van der Waals surface area contributed by atoms with E-state index in [-0.39, 0.29) is 6.10 Å². The Morgan fingerprint density at radius 3 is 2.63 bits per heavy atom. The van der Waals surface area contributed by atoms with Gasteiger partial charge in [0.25, 0.3) is 0 Å². The van der Waals surface area contributed by atoms with Crippen molar-refractivity contribution in [3.8, 4) is 0 Å². The van der Waals surface area contributed by atoms with Crippen LogP contribution in [0.1, 0.15) is 91.9 Å². The first-order valence-corrected chi connectivity index (χ1v) is 12.2. The lowest BCUT2D eigenvalue weighted by atomic mass is 9.60. The van der Waals surface area contributed by atoms with Gasteiger partial charge in [0.1, 0.15) is 0 Å². The van der Waals surface area contributed by atoms with Crippen molar-refractivity contribution >= 4 is 0 Å². The summed E-state index contributed by atoms with van der Waals surface area (Å²) >= 11 is 0. The van der Waals surface area contributed by atoms with Gasteiger partial charge in [-0.05, 0) is 100 Å². The van der Waals surface area contributed by atoms with Crippen molar-refractivity contribution in [3.63, 3.8) is 0 Å². The molecule has 0 aliphatic heterocycles. The van der Waals surface area contributed by atoms with Gasteiger partial charge in [0.2, 0.25) is 0 Å². The lowest BCUT2D eigenvalue weighted by molar-refractivity contribution is 0.000134. The predicted molar refractivity (Wildman–Crippen MR) is 124 cm³/mol. The molecule has 3 rings (SSSR count). The summed E-state index contributed by atoms with van der Waals surface area (Å²) < 4.78 is 0. The summed E-state index contributed by atoms with van der Waals surface area (Å²) in [5, 5.41) is 30.6. The lowest BCUT2D eigenvalue weighted by Crippen LogP contribution is -2.37. The molecule has 0 heterocycles. The highest BCUT2D eigenvalue weighted by molar-refractivity contribution is 5.36. The molecule has 0 spiro atoms. The molecule has 3 aliphatic rings. The number of aliphatic hydroxyl groups is 3. The van der Waals surface area contributed by atoms with Crippen LogP contribution in [0.4, 0.5) is 0 Å². The molecule has 3 nitrogen and oxygen atoms in total. The molecule has 0 aromatic heterocycles. The van der Waals surface area contributed by atoms with Crippen LogP contribution >= 0.6 is 0 Å². The van der Waals surface area contributed by atoms with E-state index in [0.717, 1.165) is 25.7 Å². The van der Waals surface area contributed by atoms with E-state index in [1.54, 1.807) is 19.4 Å². The van der Waals surface area contributed by atoms with Crippen molar-refractivity contribution in [2.45, 2.75) is 110 Å². The van der Waals surface area contributed by atoms with Crippen molar-refractivity contribution < 1.29 is 15.3 Å². The van der Waals surface area contributed by atoms with Crippen LogP contribution in [-0.4, -0.2) is 33.1 Å². The maximum absolute atomic E-state index is 10.5. The molecule has 0 unspecified atom stereocenters. The maximum atomic E-state index is 10.5. The maximum Gasteiger partial charge on any atom is 0.0616 e. The van der Waals surface area contributed by atoms with Crippen LogP contribution in [0.25, 0.3) is 0 Å². The van der Waals surface area contributed by atoms with E-state index in [9.17, 15) is 15.3 Å². The second-order valence-corrected chi connectivity index (χ2v) is 11.4. The average Bonchev–Trinajstić information content (AvgIpc) is 2.98. The van der Waals surface area contributed by atoms with E-state index >= 15 is 0 Å². The largest absolute Gasteiger partial charge is 0.393 e. The fourth-order valence-corrected chi connectivity index (χ4v) is 6.86. The van der Waals surface area contributed by atoms with Gasteiger partial charge in [-0.3, -0.25) is 0 Å². The molecule has 30 heavy (non-hydrogen) atoms. The van der Waals surface area contributed by atoms with E-state index in [1.165, 1.54) is 43.3 Å². The van der Waals surface area contributed by atoms with Gasteiger partial charge in [-0.25, -0.2) is 0 Å². The topological polar surface area (TPSA) is 60.7 Å². The van der Waals surface area contributed by atoms with Gasteiger partial charge in [0.05, 0.1) is 17.8 Å². The molecule has 170 valence electrons. The van der Waals surface area contributed by atoms with E-state index in [2.05, 4.69) is 32.6 Å². The molecule has 0 aromatic carbocycles. The van der Waals surface area contributed by atoms with Crippen LogP contribution in [0.2, 0.25) is 0 Å². The fourth-order valence-electron chi connectivity index (χ4n) is 6.86. The summed E-state index contributed by atoms with van der Waals surface area (Å²) in [6.45, 7) is 12.6. The Balaban J connectivity index is 1.71. The molecular weight excluding hydrogens is 372 g/mol. The normalized spacial score (nSPS) is 37.4. The van der Waals surface area contributed by atoms with E-state index in [4.69, 9.17) is 0 Å². The first-order valence-electron chi connectivity index (χ1n) is 12.2. The summed E-state index contributed by atoms with van der Waals surface area (Å²) in [5.74, 6) is 1.72. The summed E-state index contributed by atoms with van der Waals surface area (Å²) in [4.78, 5) is 0. The number of fused-ring (bicyclic) bond motifs is 1. The van der Waals surface area contributed by atoms with Gasteiger partial charge in [-0.15, -0.1) is 0 Å². The standard InChI is InChI=1S/C27H44O3/c1-18-8-11-22(28)16-21(18)10-9-20-7-6-14-27(5)24(12-13-25(20)27)19(2)15-23(29)17-26(3,4)30/h9-10,19,22-25,28-30H,1,6-8,11-17H2,2-5H3/b20-9+,21-10?/t19-,22+,23-,24+,25-,27-/m0/s1. The third-order valence-corrected chi connectivity index (χ3v) is 8.29. The summed E-state index contributed by atoms with van der Waals surface area (Å²) in [7, 11) is 0. The van der Waals surface area contributed by atoms with Crippen LogP contribution in [0.5, 0.6) is 0 Å². The fraction of sp³-hybridized carbons (Fsp3) is 0.778. The molecule has 3 fully saturated rings. The van der Waals surface area contributed by atoms with Crippen molar-refractivity contribution in [3.05, 3.63) is 35.5 Å². The number of allylic oxidation sites excluding steroid dienone is 4. The number of hydrogen-bond acceptors (Lipinski definition) is 3. The number of hydrogen-bond donors (Lipinski definition) is 3. The Morgan fingerprint density at radius 1 is 1.20 bits per heavy atom.